The number of nitrogens with zero attached hydrogens (tertiary/aromatic N) is 3. The molecular formula is C13H13N3O3. The summed E-state index contributed by atoms with van der Waals surface area (Å²) in [7, 11) is 0. The Hall–Kier alpha value is -2.37. The lowest BCUT2D eigenvalue weighted by Crippen LogP contribution is -2.18. The molecule has 0 amide bonds. The van der Waals surface area contributed by atoms with E-state index in [0.29, 0.717) is 5.89 Å². The third-order valence-electron chi connectivity index (χ3n) is 3.15. The van der Waals surface area contributed by atoms with Crippen molar-refractivity contribution in [2.45, 2.75) is 12.8 Å². The highest BCUT2D eigenvalue weighted by Gasteiger charge is 2.16. The Morgan fingerprint density at radius 3 is 2.84 bits per heavy atom. The lowest BCUT2D eigenvalue weighted by Gasteiger charge is -2.16. The lowest BCUT2D eigenvalue weighted by molar-refractivity contribution is 0.0690. The number of carbonyl (C=O) groups is 1. The summed E-state index contributed by atoms with van der Waals surface area (Å²) in [6, 6.07) is 3.64. The third-order valence-corrected chi connectivity index (χ3v) is 3.15. The molecule has 19 heavy (non-hydrogen) atoms. The predicted molar refractivity (Wildman–Crippen MR) is 68.1 cm³/mol. The van der Waals surface area contributed by atoms with Crippen LogP contribution in [0.1, 0.15) is 23.3 Å². The number of carboxylic acid groups (broad SMARTS) is 1. The lowest BCUT2D eigenvalue weighted by atomic mass is 10.2. The average molecular weight is 259 g/mol. The zero-order chi connectivity index (χ0) is 13.2. The van der Waals surface area contributed by atoms with Gasteiger partial charge in [-0.1, -0.05) is 0 Å². The zero-order valence-corrected chi connectivity index (χ0v) is 10.2. The van der Waals surface area contributed by atoms with E-state index >= 15 is 0 Å². The average Bonchev–Trinajstić information content (AvgIpc) is 3.10. The number of aromatic nitrogens is 2. The van der Waals surface area contributed by atoms with E-state index in [1.165, 1.54) is 12.8 Å². The first-order chi connectivity index (χ1) is 9.24. The summed E-state index contributed by atoms with van der Waals surface area (Å²) in [6.07, 6.45) is 5.18. The normalized spacial score (nSPS) is 14.8. The van der Waals surface area contributed by atoms with Crippen molar-refractivity contribution in [1.82, 2.24) is 9.97 Å². The summed E-state index contributed by atoms with van der Waals surface area (Å²) in [6.45, 7) is 2.00. The summed E-state index contributed by atoms with van der Waals surface area (Å²) >= 11 is 0. The SMILES string of the molecule is O=C(O)c1coc(-c2ccnc(N3CCCC3)c2)n1. The zero-order valence-electron chi connectivity index (χ0n) is 10.2. The smallest absolute Gasteiger partial charge is 0.357 e. The Balaban J connectivity index is 1.91. The molecule has 0 spiro atoms. The number of rotatable bonds is 3. The predicted octanol–water partition coefficient (Wildman–Crippen LogP) is 2.04. The van der Waals surface area contributed by atoms with Gasteiger partial charge in [-0.05, 0) is 25.0 Å². The largest absolute Gasteiger partial charge is 0.476 e. The molecule has 98 valence electrons. The second-order valence-electron chi connectivity index (χ2n) is 4.44. The van der Waals surface area contributed by atoms with Crippen molar-refractivity contribution in [2.24, 2.45) is 0 Å². The number of hydrogen-bond donors (Lipinski definition) is 1. The number of hydrogen-bond acceptors (Lipinski definition) is 5. The van der Waals surface area contributed by atoms with E-state index in [-0.39, 0.29) is 5.69 Å². The molecule has 2 aromatic rings. The molecule has 0 aromatic carbocycles. The fraction of sp³-hybridized carbons (Fsp3) is 0.308. The van der Waals surface area contributed by atoms with Crippen LogP contribution in [0, 0.1) is 0 Å². The van der Waals surface area contributed by atoms with E-state index in [0.717, 1.165) is 30.7 Å². The number of oxazole rings is 1. The minimum atomic E-state index is -1.09. The van der Waals surface area contributed by atoms with Crippen LogP contribution in [-0.4, -0.2) is 34.1 Å². The van der Waals surface area contributed by atoms with E-state index in [9.17, 15) is 4.79 Å². The van der Waals surface area contributed by atoms with Gasteiger partial charge in [0.2, 0.25) is 5.89 Å². The summed E-state index contributed by atoms with van der Waals surface area (Å²) in [5.41, 5.74) is 0.652. The highest BCUT2D eigenvalue weighted by molar-refractivity contribution is 5.85. The minimum absolute atomic E-state index is 0.0884. The molecular weight excluding hydrogens is 246 g/mol. The quantitative estimate of drug-likeness (QED) is 0.908. The molecule has 3 heterocycles. The second kappa shape index (κ2) is 4.72. The fourth-order valence-electron chi connectivity index (χ4n) is 2.18. The van der Waals surface area contributed by atoms with Crippen LogP contribution < -0.4 is 4.90 Å². The van der Waals surface area contributed by atoms with Gasteiger partial charge in [-0.2, -0.15) is 0 Å². The summed E-state index contributed by atoms with van der Waals surface area (Å²) in [5.74, 6) is 0.0918. The van der Waals surface area contributed by atoms with Crippen molar-refractivity contribution >= 4 is 11.8 Å². The molecule has 0 atom stereocenters. The monoisotopic (exact) mass is 259 g/mol. The molecule has 2 aromatic heterocycles. The van der Waals surface area contributed by atoms with Crippen LogP contribution in [0.5, 0.6) is 0 Å². The number of pyridine rings is 1. The van der Waals surface area contributed by atoms with Crippen LogP contribution in [-0.2, 0) is 0 Å². The van der Waals surface area contributed by atoms with E-state index in [2.05, 4.69) is 14.9 Å². The van der Waals surface area contributed by atoms with E-state index in [1.807, 2.05) is 6.07 Å². The van der Waals surface area contributed by atoms with Gasteiger partial charge in [0.25, 0.3) is 0 Å². The van der Waals surface area contributed by atoms with Crippen LogP contribution in [0.4, 0.5) is 5.82 Å². The van der Waals surface area contributed by atoms with Crippen molar-refractivity contribution in [1.29, 1.82) is 0 Å². The van der Waals surface area contributed by atoms with Crippen LogP contribution >= 0.6 is 0 Å². The molecule has 1 N–H and O–H groups in total. The molecule has 1 aliphatic rings. The van der Waals surface area contributed by atoms with Gasteiger partial charge in [0.05, 0.1) is 0 Å². The molecule has 0 saturated carbocycles. The summed E-state index contributed by atoms with van der Waals surface area (Å²) < 4.78 is 5.19. The van der Waals surface area contributed by atoms with Gasteiger partial charge in [-0.15, -0.1) is 0 Å². The van der Waals surface area contributed by atoms with Gasteiger partial charge >= 0.3 is 5.97 Å². The Bertz CT molecular complexity index is 603. The summed E-state index contributed by atoms with van der Waals surface area (Å²) in [4.78, 5) is 21.2. The molecule has 1 saturated heterocycles. The Kier molecular flexibility index (Phi) is 2.91. The first-order valence-electron chi connectivity index (χ1n) is 6.14. The van der Waals surface area contributed by atoms with Gasteiger partial charge in [-0.25, -0.2) is 14.8 Å². The molecule has 1 fully saturated rings. The second-order valence-corrected chi connectivity index (χ2v) is 4.44. The van der Waals surface area contributed by atoms with Crippen molar-refractivity contribution in [3.63, 3.8) is 0 Å². The Morgan fingerprint density at radius 1 is 1.37 bits per heavy atom. The molecule has 6 nitrogen and oxygen atoms in total. The van der Waals surface area contributed by atoms with Crippen molar-refractivity contribution in [2.75, 3.05) is 18.0 Å². The standard InChI is InChI=1S/C13H13N3O3/c17-13(18)10-8-19-12(15-10)9-3-4-14-11(7-9)16-5-1-2-6-16/h3-4,7-8H,1-2,5-6H2,(H,17,18). The van der Waals surface area contributed by atoms with Crippen LogP contribution in [0.15, 0.2) is 29.0 Å². The van der Waals surface area contributed by atoms with E-state index < -0.39 is 5.97 Å². The van der Waals surface area contributed by atoms with Crippen LogP contribution in [0.3, 0.4) is 0 Å². The first kappa shape index (κ1) is 11.7. The topological polar surface area (TPSA) is 79.5 Å². The maximum Gasteiger partial charge on any atom is 0.357 e. The van der Waals surface area contributed by atoms with Crippen molar-refractivity contribution in [3.8, 4) is 11.5 Å². The molecule has 3 rings (SSSR count). The Morgan fingerprint density at radius 2 is 2.16 bits per heavy atom. The molecule has 1 aliphatic heterocycles. The molecule has 0 radical (unpaired) electrons. The van der Waals surface area contributed by atoms with Crippen LogP contribution in [0.25, 0.3) is 11.5 Å². The van der Waals surface area contributed by atoms with Gasteiger partial charge in [-0.3, -0.25) is 0 Å². The van der Waals surface area contributed by atoms with E-state index in [1.54, 1.807) is 12.3 Å². The van der Waals surface area contributed by atoms with Gasteiger partial charge in [0.1, 0.15) is 12.1 Å². The highest BCUT2D eigenvalue weighted by Crippen LogP contribution is 2.24. The van der Waals surface area contributed by atoms with Gasteiger partial charge < -0.3 is 14.4 Å². The first-order valence-corrected chi connectivity index (χ1v) is 6.14. The maximum atomic E-state index is 10.8. The number of anilines is 1. The van der Waals surface area contributed by atoms with E-state index in [4.69, 9.17) is 9.52 Å². The van der Waals surface area contributed by atoms with Crippen LogP contribution in [0.2, 0.25) is 0 Å². The van der Waals surface area contributed by atoms with Crippen molar-refractivity contribution in [3.05, 3.63) is 30.3 Å². The molecule has 0 bridgehead atoms. The maximum absolute atomic E-state index is 10.8. The van der Waals surface area contributed by atoms with Gasteiger partial charge in [0, 0.05) is 24.8 Å². The Labute approximate surface area is 109 Å². The fourth-order valence-corrected chi connectivity index (χ4v) is 2.18. The third kappa shape index (κ3) is 2.29. The highest BCUT2D eigenvalue weighted by atomic mass is 16.4. The molecule has 0 aliphatic carbocycles. The molecule has 6 heteroatoms. The van der Waals surface area contributed by atoms with Crippen molar-refractivity contribution < 1.29 is 14.3 Å². The molecule has 0 unspecified atom stereocenters. The minimum Gasteiger partial charge on any atom is -0.476 e. The number of aromatic carboxylic acids is 1. The summed E-state index contributed by atoms with van der Waals surface area (Å²) in [5, 5.41) is 8.83. The number of carboxylic acids is 1. The van der Waals surface area contributed by atoms with Gasteiger partial charge in [0.15, 0.2) is 5.69 Å².